The zero-order chi connectivity index (χ0) is 20.4. The van der Waals surface area contributed by atoms with E-state index in [0.29, 0.717) is 5.41 Å². The van der Waals surface area contributed by atoms with Crippen LogP contribution in [0.25, 0.3) is 0 Å². The van der Waals surface area contributed by atoms with Gasteiger partial charge in [0.05, 0.1) is 0 Å². The Morgan fingerprint density at radius 1 is 1.14 bits per heavy atom. The molecule has 2 saturated carbocycles. The van der Waals surface area contributed by atoms with Crippen molar-refractivity contribution < 1.29 is 0 Å². The van der Waals surface area contributed by atoms with Crippen LogP contribution in [0.2, 0.25) is 0 Å². The third-order valence-electron chi connectivity index (χ3n) is 9.25. The van der Waals surface area contributed by atoms with Crippen LogP contribution in [0.1, 0.15) is 96.1 Å². The third-order valence-corrected chi connectivity index (χ3v) is 9.25. The Hall–Kier alpha value is -1.04. The second-order valence-corrected chi connectivity index (χ2v) is 11.4. The van der Waals surface area contributed by atoms with E-state index in [-0.39, 0.29) is 0 Å². The average molecular weight is 393 g/mol. The quantitative estimate of drug-likeness (QED) is 0.408. The van der Waals surface area contributed by atoms with Gasteiger partial charge in [-0.05, 0) is 112 Å². The van der Waals surface area contributed by atoms with Crippen molar-refractivity contribution in [1.29, 1.82) is 0 Å². The molecule has 0 radical (unpaired) electrons. The van der Waals surface area contributed by atoms with Crippen molar-refractivity contribution in [2.45, 2.75) is 98.3 Å². The van der Waals surface area contributed by atoms with Crippen LogP contribution in [0.3, 0.4) is 0 Å². The van der Waals surface area contributed by atoms with Gasteiger partial charge in [-0.25, -0.2) is 0 Å². The van der Waals surface area contributed by atoms with E-state index in [1.165, 1.54) is 76.2 Å². The summed E-state index contributed by atoms with van der Waals surface area (Å²) in [4.78, 5) is 0. The summed E-state index contributed by atoms with van der Waals surface area (Å²) in [5.74, 6) is 4.61. The molecule has 1 aromatic carbocycles. The second-order valence-electron chi connectivity index (χ2n) is 11.4. The van der Waals surface area contributed by atoms with E-state index in [4.69, 9.17) is 0 Å². The van der Waals surface area contributed by atoms with Gasteiger partial charge in [0.2, 0.25) is 0 Å². The molecule has 29 heavy (non-hydrogen) atoms. The molecule has 160 valence electrons. The van der Waals surface area contributed by atoms with Crippen molar-refractivity contribution in [1.82, 2.24) is 0 Å². The maximum Gasteiger partial charge on any atom is -0.0248 e. The molecule has 6 atom stereocenters. The van der Waals surface area contributed by atoms with Crippen LogP contribution in [0.4, 0.5) is 0 Å². The monoisotopic (exact) mass is 392 g/mol. The predicted molar refractivity (Wildman–Crippen MR) is 126 cm³/mol. The van der Waals surface area contributed by atoms with Gasteiger partial charge in [0, 0.05) is 0 Å². The van der Waals surface area contributed by atoms with Crippen molar-refractivity contribution in [2.24, 2.45) is 35.0 Å². The van der Waals surface area contributed by atoms with Crippen molar-refractivity contribution in [2.75, 3.05) is 0 Å². The topological polar surface area (TPSA) is 0 Å². The zero-order valence-electron chi connectivity index (χ0n) is 19.6. The summed E-state index contributed by atoms with van der Waals surface area (Å²) in [6.07, 6.45) is 18.1. The van der Waals surface area contributed by atoms with Crippen LogP contribution in [0, 0.1) is 41.9 Å². The first kappa shape index (κ1) is 21.2. The van der Waals surface area contributed by atoms with Crippen molar-refractivity contribution in [3.8, 4) is 0 Å². The van der Waals surface area contributed by atoms with Crippen LogP contribution in [0.15, 0.2) is 35.9 Å². The van der Waals surface area contributed by atoms with Gasteiger partial charge in [0.25, 0.3) is 0 Å². The molecule has 0 amide bonds. The smallest absolute Gasteiger partial charge is 0.0248 e. The molecule has 0 N–H and O–H groups in total. The van der Waals surface area contributed by atoms with E-state index in [0.717, 1.165) is 29.6 Å². The van der Waals surface area contributed by atoms with Crippen LogP contribution in [0.5, 0.6) is 0 Å². The van der Waals surface area contributed by atoms with Gasteiger partial charge >= 0.3 is 0 Å². The molecule has 4 rings (SSSR count). The number of allylic oxidation sites excluding steroid dienone is 2. The first-order chi connectivity index (χ1) is 14.0. The molecule has 2 fully saturated rings. The summed E-state index contributed by atoms with van der Waals surface area (Å²) < 4.78 is 0. The van der Waals surface area contributed by atoms with E-state index in [9.17, 15) is 0 Å². The van der Waals surface area contributed by atoms with Crippen LogP contribution < -0.4 is 0 Å². The second kappa shape index (κ2) is 8.99. The van der Waals surface area contributed by atoms with Crippen LogP contribution in [-0.4, -0.2) is 0 Å². The molecular formula is C29H44. The van der Waals surface area contributed by atoms with Crippen molar-refractivity contribution in [3.63, 3.8) is 0 Å². The molecular weight excluding hydrogens is 348 g/mol. The largest absolute Gasteiger partial charge is 0.0853 e. The zero-order valence-corrected chi connectivity index (χ0v) is 19.6. The highest BCUT2D eigenvalue weighted by molar-refractivity contribution is 5.22. The summed E-state index contributed by atoms with van der Waals surface area (Å²) >= 11 is 0. The molecule has 0 saturated heterocycles. The molecule has 1 aromatic rings. The average Bonchev–Trinajstić information content (AvgIpc) is 3.17. The van der Waals surface area contributed by atoms with Crippen molar-refractivity contribution in [3.05, 3.63) is 47.0 Å². The molecule has 0 aliphatic heterocycles. The summed E-state index contributed by atoms with van der Waals surface area (Å²) in [6.45, 7) is 10.0. The molecule has 0 bridgehead atoms. The number of benzene rings is 1. The summed E-state index contributed by atoms with van der Waals surface area (Å²) in [6, 6.07) is 9.34. The molecule has 0 nitrogen and oxygen atoms in total. The maximum absolute atomic E-state index is 2.64. The van der Waals surface area contributed by atoms with Gasteiger partial charge in [0.15, 0.2) is 0 Å². The minimum Gasteiger partial charge on any atom is -0.0853 e. The fourth-order valence-electron chi connectivity index (χ4n) is 7.62. The molecule has 6 unspecified atom stereocenters. The SMILES string of the molecule is Cc1ccc(CC2CC3(C)CCC(C(C)CCCC4=CCCCC4)C3C2C)cc1. The fraction of sp³-hybridized carbons (Fsp3) is 0.724. The predicted octanol–water partition coefficient (Wildman–Crippen LogP) is 8.53. The first-order valence-corrected chi connectivity index (χ1v) is 12.7. The van der Waals surface area contributed by atoms with Gasteiger partial charge in [-0.1, -0.05) is 68.7 Å². The molecule has 3 aliphatic carbocycles. The minimum absolute atomic E-state index is 0.611. The van der Waals surface area contributed by atoms with E-state index in [1.807, 2.05) is 0 Å². The van der Waals surface area contributed by atoms with E-state index >= 15 is 0 Å². The molecule has 3 aliphatic rings. The lowest BCUT2D eigenvalue weighted by Gasteiger charge is -2.33. The Morgan fingerprint density at radius 3 is 2.66 bits per heavy atom. The number of rotatable bonds is 7. The third kappa shape index (κ3) is 4.67. The van der Waals surface area contributed by atoms with Gasteiger partial charge in [-0.3, -0.25) is 0 Å². The normalized spacial score (nSPS) is 35.4. The summed E-state index contributed by atoms with van der Waals surface area (Å²) in [5, 5.41) is 0. The van der Waals surface area contributed by atoms with Gasteiger partial charge < -0.3 is 0 Å². The Labute approximate surface area is 180 Å². The van der Waals surface area contributed by atoms with Crippen LogP contribution >= 0.6 is 0 Å². The number of hydrogen-bond donors (Lipinski definition) is 0. The Kier molecular flexibility index (Phi) is 6.57. The summed E-state index contributed by atoms with van der Waals surface area (Å²) in [5.41, 5.74) is 5.32. The standard InChI is InChI=1S/C29H44/c1-21-13-15-25(16-14-21)19-26-20-29(4)18-17-27(28(29)23(26)3)22(2)9-8-12-24-10-6-5-7-11-24/h10,13-16,22-23,26-28H,5-9,11-12,17-20H2,1-4H3. The Balaban J connectivity index is 1.35. The lowest BCUT2D eigenvalue weighted by atomic mass is 9.72. The van der Waals surface area contributed by atoms with Gasteiger partial charge in [-0.15, -0.1) is 0 Å². The number of hydrogen-bond acceptors (Lipinski definition) is 0. The lowest BCUT2D eigenvalue weighted by molar-refractivity contribution is 0.152. The Morgan fingerprint density at radius 2 is 1.93 bits per heavy atom. The van der Waals surface area contributed by atoms with Crippen LogP contribution in [-0.2, 0) is 6.42 Å². The lowest BCUT2D eigenvalue weighted by Crippen LogP contribution is -2.27. The van der Waals surface area contributed by atoms with E-state index < -0.39 is 0 Å². The molecule has 0 heteroatoms. The maximum atomic E-state index is 2.64. The number of fused-ring (bicyclic) bond motifs is 1. The molecule has 0 aromatic heterocycles. The van der Waals surface area contributed by atoms with Gasteiger partial charge in [-0.2, -0.15) is 0 Å². The molecule has 0 heterocycles. The fourth-order valence-corrected chi connectivity index (χ4v) is 7.62. The highest BCUT2D eigenvalue weighted by Crippen LogP contribution is 2.63. The highest BCUT2D eigenvalue weighted by atomic mass is 14.6. The minimum atomic E-state index is 0.611. The first-order valence-electron chi connectivity index (χ1n) is 12.7. The summed E-state index contributed by atoms with van der Waals surface area (Å²) in [7, 11) is 0. The number of aryl methyl sites for hydroxylation is 1. The van der Waals surface area contributed by atoms with E-state index in [2.05, 4.69) is 58.0 Å². The van der Waals surface area contributed by atoms with E-state index in [1.54, 1.807) is 11.1 Å². The highest BCUT2D eigenvalue weighted by Gasteiger charge is 2.55. The molecule has 0 spiro atoms. The Bertz CT molecular complexity index is 695. The van der Waals surface area contributed by atoms with Gasteiger partial charge in [0.1, 0.15) is 0 Å². The van der Waals surface area contributed by atoms with Crippen molar-refractivity contribution >= 4 is 0 Å².